The number of halogens is 2. The summed E-state index contributed by atoms with van der Waals surface area (Å²) in [6.45, 7) is 2.85. The molecule has 0 atom stereocenters. The fourth-order valence-electron chi connectivity index (χ4n) is 2.07. The second kappa shape index (κ2) is 5.85. The first-order valence-corrected chi connectivity index (χ1v) is 7.16. The summed E-state index contributed by atoms with van der Waals surface area (Å²) in [6.07, 6.45) is 0. The molecule has 0 unspecified atom stereocenters. The van der Waals surface area contributed by atoms with Gasteiger partial charge in [0.2, 0.25) is 0 Å². The minimum Gasteiger partial charge on any atom is -0.398 e. The van der Waals surface area contributed by atoms with Crippen LogP contribution in [0.1, 0.15) is 11.1 Å². The van der Waals surface area contributed by atoms with Crippen molar-refractivity contribution in [1.82, 2.24) is 0 Å². The fraction of sp³-hybridized carbons (Fsp3) is 0.200. The Hall–Kier alpha value is -1.19. The highest BCUT2D eigenvalue weighted by Gasteiger charge is 2.09. The molecular weight excluding hydrogens is 324 g/mol. The summed E-state index contributed by atoms with van der Waals surface area (Å²) in [6, 6.07) is 12.0. The second-order valence-electron chi connectivity index (χ2n) is 4.61. The first kappa shape index (κ1) is 14.2. The standard InChI is InChI=1S/C15H16BrClN2/c1-10-7-14(18)13(17)8-15(10)19(2)9-11-5-3-4-6-12(11)16/h3-8H,9,18H2,1-2H3. The van der Waals surface area contributed by atoms with Crippen LogP contribution in [-0.2, 0) is 6.54 Å². The molecule has 2 aromatic carbocycles. The van der Waals surface area contributed by atoms with Crippen molar-refractivity contribution in [2.75, 3.05) is 17.7 Å². The monoisotopic (exact) mass is 338 g/mol. The molecule has 0 aromatic heterocycles. The highest BCUT2D eigenvalue weighted by molar-refractivity contribution is 9.10. The molecule has 19 heavy (non-hydrogen) atoms. The van der Waals surface area contributed by atoms with Crippen molar-refractivity contribution in [3.05, 3.63) is 57.0 Å². The molecule has 0 bridgehead atoms. The summed E-state index contributed by atoms with van der Waals surface area (Å²) in [5.74, 6) is 0. The smallest absolute Gasteiger partial charge is 0.0656 e. The van der Waals surface area contributed by atoms with Crippen molar-refractivity contribution in [2.45, 2.75) is 13.5 Å². The number of rotatable bonds is 3. The molecule has 100 valence electrons. The Morgan fingerprint density at radius 3 is 2.63 bits per heavy atom. The van der Waals surface area contributed by atoms with Crippen LogP contribution >= 0.6 is 27.5 Å². The van der Waals surface area contributed by atoms with E-state index in [0.29, 0.717) is 10.7 Å². The number of nitrogen functional groups attached to an aromatic ring is 1. The molecule has 0 aliphatic rings. The Kier molecular flexibility index (Phi) is 4.38. The van der Waals surface area contributed by atoms with Crippen LogP contribution in [0.25, 0.3) is 0 Å². The SMILES string of the molecule is Cc1cc(N)c(Cl)cc1N(C)Cc1ccccc1Br. The molecule has 0 spiro atoms. The van der Waals surface area contributed by atoms with E-state index in [2.05, 4.69) is 26.9 Å². The molecule has 0 aliphatic heterocycles. The zero-order valence-corrected chi connectivity index (χ0v) is 13.3. The Labute approximate surface area is 127 Å². The van der Waals surface area contributed by atoms with Gasteiger partial charge in [-0.3, -0.25) is 0 Å². The molecule has 2 N–H and O–H groups in total. The number of hydrogen-bond donors (Lipinski definition) is 1. The third-order valence-corrected chi connectivity index (χ3v) is 4.19. The Bertz CT molecular complexity index is 599. The number of hydrogen-bond acceptors (Lipinski definition) is 2. The topological polar surface area (TPSA) is 29.3 Å². The van der Waals surface area contributed by atoms with Crippen molar-refractivity contribution in [3.8, 4) is 0 Å². The summed E-state index contributed by atoms with van der Waals surface area (Å²) < 4.78 is 1.11. The van der Waals surface area contributed by atoms with Gasteiger partial charge in [-0.2, -0.15) is 0 Å². The van der Waals surface area contributed by atoms with Crippen molar-refractivity contribution >= 4 is 38.9 Å². The highest BCUT2D eigenvalue weighted by atomic mass is 79.9. The quantitative estimate of drug-likeness (QED) is 0.826. The van der Waals surface area contributed by atoms with Crippen LogP contribution in [0.15, 0.2) is 40.9 Å². The van der Waals surface area contributed by atoms with Crippen LogP contribution < -0.4 is 10.6 Å². The van der Waals surface area contributed by atoms with Crippen LogP contribution in [0.2, 0.25) is 5.02 Å². The summed E-state index contributed by atoms with van der Waals surface area (Å²) in [7, 11) is 2.05. The Morgan fingerprint density at radius 2 is 1.95 bits per heavy atom. The van der Waals surface area contributed by atoms with Crippen molar-refractivity contribution in [1.29, 1.82) is 0 Å². The number of anilines is 2. The van der Waals surface area contributed by atoms with Crippen LogP contribution in [0.5, 0.6) is 0 Å². The van der Waals surface area contributed by atoms with Gasteiger partial charge < -0.3 is 10.6 Å². The minimum absolute atomic E-state index is 0.597. The van der Waals surface area contributed by atoms with Crippen LogP contribution in [0.3, 0.4) is 0 Å². The zero-order chi connectivity index (χ0) is 14.0. The Balaban J connectivity index is 2.28. The lowest BCUT2D eigenvalue weighted by atomic mass is 10.1. The lowest BCUT2D eigenvalue weighted by Crippen LogP contribution is -2.18. The zero-order valence-electron chi connectivity index (χ0n) is 11.0. The van der Waals surface area contributed by atoms with E-state index in [1.807, 2.05) is 44.3 Å². The van der Waals surface area contributed by atoms with E-state index in [0.717, 1.165) is 22.3 Å². The van der Waals surface area contributed by atoms with Crippen LogP contribution in [0, 0.1) is 6.92 Å². The third kappa shape index (κ3) is 3.23. The van der Waals surface area contributed by atoms with Gasteiger partial charge in [-0.05, 0) is 36.2 Å². The van der Waals surface area contributed by atoms with Crippen molar-refractivity contribution in [2.24, 2.45) is 0 Å². The maximum atomic E-state index is 6.10. The van der Waals surface area contributed by atoms with Gasteiger partial charge in [-0.15, -0.1) is 0 Å². The van der Waals surface area contributed by atoms with E-state index in [-0.39, 0.29) is 0 Å². The van der Waals surface area contributed by atoms with Gasteiger partial charge in [0, 0.05) is 23.8 Å². The molecule has 0 saturated heterocycles. The first-order chi connectivity index (χ1) is 8.99. The van der Waals surface area contributed by atoms with E-state index < -0.39 is 0 Å². The van der Waals surface area contributed by atoms with Gasteiger partial charge in [0.05, 0.1) is 10.7 Å². The molecule has 2 nitrogen and oxygen atoms in total. The van der Waals surface area contributed by atoms with Gasteiger partial charge in [-0.1, -0.05) is 45.7 Å². The maximum absolute atomic E-state index is 6.10. The maximum Gasteiger partial charge on any atom is 0.0656 e. The van der Waals surface area contributed by atoms with E-state index >= 15 is 0 Å². The van der Waals surface area contributed by atoms with Crippen LogP contribution in [-0.4, -0.2) is 7.05 Å². The highest BCUT2D eigenvalue weighted by Crippen LogP contribution is 2.30. The van der Waals surface area contributed by atoms with Gasteiger partial charge >= 0.3 is 0 Å². The summed E-state index contributed by atoms with van der Waals surface area (Å²) >= 11 is 9.67. The summed E-state index contributed by atoms with van der Waals surface area (Å²) in [5, 5.41) is 0.597. The average Bonchev–Trinajstić information content (AvgIpc) is 2.36. The van der Waals surface area contributed by atoms with Gasteiger partial charge in [-0.25, -0.2) is 0 Å². The van der Waals surface area contributed by atoms with Gasteiger partial charge in [0.1, 0.15) is 0 Å². The lowest BCUT2D eigenvalue weighted by Gasteiger charge is -2.23. The summed E-state index contributed by atoms with van der Waals surface area (Å²) in [4.78, 5) is 2.17. The van der Waals surface area contributed by atoms with Gasteiger partial charge in [0.25, 0.3) is 0 Å². The fourth-order valence-corrected chi connectivity index (χ4v) is 2.64. The Morgan fingerprint density at radius 1 is 1.26 bits per heavy atom. The first-order valence-electron chi connectivity index (χ1n) is 5.99. The average molecular weight is 340 g/mol. The molecule has 2 rings (SSSR count). The minimum atomic E-state index is 0.597. The molecule has 0 fully saturated rings. The van der Waals surface area contributed by atoms with Crippen LogP contribution in [0.4, 0.5) is 11.4 Å². The number of nitrogens with two attached hydrogens (primary N) is 1. The van der Waals surface area contributed by atoms with E-state index in [1.54, 1.807) is 0 Å². The molecule has 4 heteroatoms. The van der Waals surface area contributed by atoms with Crippen molar-refractivity contribution in [3.63, 3.8) is 0 Å². The summed E-state index contributed by atoms with van der Waals surface area (Å²) in [5.41, 5.74) is 9.88. The largest absolute Gasteiger partial charge is 0.398 e. The van der Waals surface area contributed by atoms with E-state index in [1.165, 1.54) is 5.56 Å². The van der Waals surface area contributed by atoms with Crippen molar-refractivity contribution < 1.29 is 0 Å². The number of benzene rings is 2. The third-order valence-electron chi connectivity index (χ3n) is 3.09. The predicted molar refractivity (Wildman–Crippen MR) is 86.9 cm³/mol. The van der Waals surface area contributed by atoms with Gasteiger partial charge in [0.15, 0.2) is 0 Å². The molecule has 0 radical (unpaired) electrons. The molecular formula is C15H16BrClN2. The lowest BCUT2D eigenvalue weighted by molar-refractivity contribution is 0.913. The number of nitrogens with zero attached hydrogens (tertiary/aromatic N) is 1. The number of aryl methyl sites for hydroxylation is 1. The molecule has 0 heterocycles. The second-order valence-corrected chi connectivity index (χ2v) is 5.87. The molecule has 2 aromatic rings. The molecule has 0 aliphatic carbocycles. The predicted octanol–water partition coefficient (Wildman–Crippen LogP) is 4.63. The normalized spacial score (nSPS) is 10.5. The molecule has 0 saturated carbocycles. The van der Waals surface area contributed by atoms with E-state index in [4.69, 9.17) is 17.3 Å². The molecule has 0 amide bonds. The van der Waals surface area contributed by atoms with E-state index in [9.17, 15) is 0 Å².